The van der Waals surface area contributed by atoms with Gasteiger partial charge in [-0.2, -0.15) is 0 Å². The largest absolute Gasteiger partial charge is 0.373 e. The molecule has 0 fully saturated rings. The molecule has 0 bridgehead atoms. The number of aryl methyl sites for hydroxylation is 1. The zero-order valence-electron chi connectivity index (χ0n) is 9.74. The number of nitrogens with zero attached hydrogens (tertiary/aromatic N) is 1. The van der Waals surface area contributed by atoms with Gasteiger partial charge in [0.15, 0.2) is 0 Å². The molecule has 0 aliphatic carbocycles. The van der Waals surface area contributed by atoms with Crippen molar-refractivity contribution < 1.29 is 4.79 Å². The van der Waals surface area contributed by atoms with Gasteiger partial charge in [0.25, 0.3) is 5.91 Å². The molecule has 0 aliphatic rings. The van der Waals surface area contributed by atoms with Gasteiger partial charge in [0.05, 0.1) is 6.20 Å². The normalized spacial score (nSPS) is 10.0. The molecule has 88 valence electrons. The first-order valence-corrected chi connectivity index (χ1v) is 5.30. The van der Waals surface area contributed by atoms with E-state index in [0.29, 0.717) is 11.5 Å². The van der Waals surface area contributed by atoms with E-state index in [9.17, 15) is 4.79 Å². The lowest BCUT2D eigenvalue weighted by atomic mass is 10.1. The van der Waals surface area contributed by atoms with Crippen molar-refractivity contribution in [2.75, 3.05) is 17.7 Å². The van der Waals surface area contributed by atoms with Crippen LogP contribution in [0.25, 0.3) is 0 Å². The predicted octanol–water partition coefficient (Wildman–Crippen LogP) is 2.01. The van der Waals surface area contributed by atoms with E-state index in [2.05, 4.69) is 20.6 Å². The molecule has 0 radical (unpaired) electrons. The lowest BCUT2D eigenvalue weighted by Gasteiger charge is -2.02. The number of anilines is 2. The summed E-state index contributed by atoms with van der Waals surface area (Å²) in [6, 6.07) is 7.40. The molecule has 0 saturated heterocycles. The van der Waals surface area contributed by atoms with Crippen molar-refractivity contribution in [2.24, 2.45) is 0 Å². The Kier molecular flexibility index (Phi) is 3.09. The number of amides is 1. The second kappa shape index (κ2) is 4.69. The van der Waals surface area contributed by atoms with Crippen LogP contribution in [0, 0.1) is 6.92 Å². The molecule has 0 saturated carbocycles. The maximum atomic E-state index is 11.9. The minimum absolute atomic E-state index is 0.175. The first-order chi connectivity index (χ1) is 8.19. The van der Waals surface area contributed by atoms with Gasteiger partial charge in [-0.05, 0) is 19.1 Å². The number of nitrogens with one attached hydrogen (secondary N) is 3. The molecule has 3 N–H and O–H groups in total. The Hall–Kier alpha value is -2.30. The van der Waals surface area contributed by atoms with Crippen molar-refractivity contribution in [3.63, 3.8) is 0 Å². The van der Waals surface area contributed by atoms with Gasteiger partial charge in [0.2, 0.25) is 5.95 Å². The number of carbonyl (C=O) groups is 1. The van der Waals surface area contributed by atoms with Gasteiger partial charge in [-0.15, -0.1) is 0 Å². The first kappa shape index (κ1) is 11.2. The summed E-state index contributed by atoms with van der Waals surface area (Å²) in [5, 5.41) is 5.59. The van der Waals surface area contributed by atoms with Crippen LogP contribution >= 0.6 is 0 Å². The third-order valence-electron chi connectivity index (χ3n) is 2.36. The average molecular weight is 230 g/mol. The Balaban J connectivity index is 2.11. The number of benzene rings is 1. The van der Waals surface area contributed by atoms with Gasteiger partial charge in [0, 0.05) is 12.6 Å². The molecule has 17 heavy (non-hydrogen) atoms. The van der Waals surface area contributed by atoms with Crippen LogP contribution in [0.3, 0.4) is 0 Å². The molecule has 5 nitrogen and oxygen atoms in total. The summed E-state index contributed by atoms with van der Waals surface area (Å²) >= 11 is 0. The van der Waals surface area contributed by atoms with Gasteiger partial charge in [-0.1, -0.05) is 17.7 Å². The summed E-state index contributed by atoms with van der Waals surface area (Å²) in [6.45, 7) is 1.95. The Morgan fingerprint density at radius 2 is 2.24 bits per heavy atom. The Labute approximate surface area is 99.3 Å². The zero-order valence-corrected chi connectivity index (χ0v) is 9.74. The maximum Gasteiger partial charge on any atom is 0.257 e. The van der Waals surface area contributed by atoms with Crippen LogP contribution in [0.15, 0.2) is 30.5 Å². The van der Waals surface area contributed by atoms with E-state index in [1.54, 1.807) is 19.3 Å². The summed E-state index contributed by atoms with van der Waals surface area (Å²) in [5.41, 5.74) is 1.67. The zero-order chi connectivity index (χ0) is 12.3. The number of imidazole rings is 1. The highest BCUT2D eigenvalue weighted by atomic mass is 16.1. The van der Waals surface area contributed by atoms with Crippen LogP contribution in [0.5, 0.6) is 0 Å². The first-order valence-electron chi connectivity index (χ1n) is 5.30. The minimum atomic E-state index is -0.175. The molecule has 1 amide bonds. The number of hydrogen-bond donors (Lipinski definition) is 3. The molecular formula is C12H14N4O. The quantitative estimate of drug-likeness (QED) is 0.755. The molecular weight excluding hydrogens is 216 g/mol. The van der Waals surface area contributed by atoms with Gasteiger partial charge in [-0.25, -0.2) is 4.98 Å². The molecule has 1 aromatic carbocycles. The summed E-state index contributed by atoms with van der Waals surface area (Å²) < 4.78 is 0. The van der Waals surface area contributed by atoms with E-state index in [0.717, 1.165) is 11.4 Å². The minimum Gasteiger partial charge on any atom is -0.373 e. The number of H-pyrrole nitrogens is 1. The molecule has 0 aliphatic heterocycles. The number of hydrogen-bond acceptors (Lipinski definition) is 3. The van der Waals surface area contributed by atoms with E-state index in [1.165, 1.54) is 0 Å². The highest BCUT2D eigenvalue weighted by Gasteiger charge is 2.07. The third kappa shape index (κ3) is 2.63. The van der Waals surface area contributed by atoms with Crippen molar-refractivity contribution in [3.05, 3.63) is 41.6 Å². The fourth-order valence-corrected chi connectivity index (χ4v) is 1.48. The van der Waals surface area contributed by atoms with Crippen LogP contribution < -0.4 is 10.6 Å². The smallest absolute Gasteiger partial charge is 0.257 e. The van der Waals surface area contributed by atoms with Crippen molar-refractivity contribution in [1.82, 2.24) is 9.97 Å². The maximum absolute atomic E-state index is 11.9. The molecule has 0 atom stereocenters. The van der Waals surface area contributed by atoms with Gasteiger partial charge >= 0.3 is 0 Å². The third-order valence-corrected chi connectivity index (χ3v) is 2.36. The van der Waals surface area contributed by atoms with Crippen LogP contribution in [0.1, 0.15) is 15.9 Å². The second-order valence-corrected chi connectivity index (χ2v) is 3.72. The lowest BCUT2D eigenvalue weighted by Crippen LogP contribution is -2.13. The fraction of sp³-hybridized carbons (Fsp3) is 0.167. The van der Waals surface area contributed by atoms with E-state index in [1.807, 2.05) is 25.1 Å². The Bertz CT molecular complexity index is 533. The van der Waals surface area contributed by atoms with E-state index in [-0.39, 0.29) is 5.91 Å². The monoisotopic (exact) mass is 230 g/mol. The predicted molar refractivity (Wildman–Crippen MR) is 67.3 cm³/mol. The van der Waals surface area contributed by atoms with E-state index in [4.69, 9.17) is 0 Å². The average Bonchev–Trinajstić information content (AvgIpc) is 2.77. The van der Waals surface area contributed by atoms with Crippen LogP contribution in [0.4, 0.5) is 11.8 Å². The van der Waals surface area contributed by atoms with Crippen molar-refractivity contribution in [2.45, 2.75) is 6.92 Å². The second-order valence-electron chi connectivity index (χ2n) is 3.72. The van der Waals surface area contributed by atoms with E-state index < -0.39 is 0 Å². The summed E-state index contributed by atoms with van der Waals surface area (Å²) in [5.74, 6) is 1.01. The highest BCUT2D eigenvalue weighted by Crippen LogP contribution is 2.09. The molecule has 1 aromatic heterocycles. The Morgan fingerprint density at radius 1 is 1.41 bits per heavy atom. The van der Waals surface area contributed by atoms with Crippen molar-refractivity contribution >= 4 is 17.7 Å². The van der Waals surface area contributed by atoms with Crippen LogP contribution in [-0.4, -0.2) is 22.9 Å². The molecule has 5 heteroatoms. The van der Waals surface area contributed by atoms with E-state index >= 15 is 0 Å². The Morgan fingerprint density at radius 3 is 2.88 bits per heavy atom. The summed E-state index contributed by atoms with van der Waals surface area (Å²) in [7, 11) is 1.78. The molecule has 0 spiro atoms. The molecule has 0 unspecified atom stereocenters. The summed E-state index contributed by atoms with van der Waals surface area (Å²) in [6.07, 6.45) is 1.62. The lowest BCUT2D eigenvalue weighted by molar-refractivity contribution is 0.102. The van der Waals surface area contributed by atoms with Crippen LogP contribution in [0.2, 0.25) is 0 Å². The number of carbonyl (C=O) groups excluding carboxylic acids is 1. The van der Waals surface area contributed by atoms with Crippen molar-refractivity contribution in [1.29, 1.82) is 0 Å². The topological polar surface area (TPSA) is 69.8 Å². The number of rotatable bonds is 3. The van der Waals surface area contributed by atoms with Gasteiger partial charge < -0.3 is 10.3 Å². The van der Waals surface area contributed by atoms with Crippen molar-refractivity contribution in [3.8, 4) is 0 Å². The standard InChI is InChI=1S/C12H14N4O/c1-8-4-3-5-9(6-8)11(17)16-12-14-7-10(13-2)15-12/h3-7,13H,1-2H3,(H2,14,15,16,17). The number of aromatic amines is 1. The fourth-order valence-electron chi connectivity index (χ4n) is 1.48. The van der Waals surface area contributed by atoms with Crippen LogP contribution in [-0.2, 0) is 0 Å². The summed E-state index contributed by atoms with van der Waals surface area (Å²) in [4.78, 5) is 18.8. The molecule has 2 rings (SSSR count). The molecule has 1 heterocycles. The SMILES string of the molecule is CNc1cnc(NC(=O)c2cccc(C)c2)[nH]1. The van der Waals surface area contributed by atoms with Gasteiger partial charge in [-0.3, -0.25) is 10.1 Å². The van der Waals surface area contributed by atoms with Gasteiger partial charge in [0.1, 0.15) is 5.82 Å². The molecule has 2 aromatic rings. The highest BCUT2D eigenvalue weighted by molar-refractivity contribution is 6.03. The number of aromatic nitrogens is 2.